The maximum absolute atomic E-state index is 13.0. The summed E-state index contributed by atoms with van der Waals surface area (Å²) in [7, 11) is -3.70. The fourth-order valence-electron chi connectivity index (χ4n) is 3.42. The van der Waals surface area contributed by atoms with Gasteiger partial charge in [-0.1, -0.05) is 0 Å². The van der Waals surface area contributed by atoms with Gasteiger partial charge in [0.25, 0.3) is 0 Å². The van der Waals surface area contributed by atoms with Gasteiger partial charge in [-0.15, -0.1) is 12.4 Å². The van der Waals surface area contributed by atoms with Crippen molar-refractivity contribution in [1.29, 1.82) is 0 Å². The molecule has 3 rings (SSSR count). The van der Waals surface area contributed by atoms with Gasteiger partial charge in [0.2, 0.25) is 15.9 Å². The number of hydrogen-bond donors (Lipinski definition) is 2. The topological polar surface area (TPSA) is 78.5 Å². The Hall–Kier alpha value is -1.22. The number of piperidine rings is 2. The number of nitrogens with one attached hydrogen (secondary N) is 2. The van der Waals surface area contributed by atoms with Crippen LogP contribution >= 0.6 is 12.4 Å². The standard InChI is InChI=1S/C17H24FN3O3S.ClH/c18-14-3-5-16(6-4-14)25(23,24)21-11-1-2-13(12-21)17(22)20-15-7-9-19-10-8-15;/h3-6,13,15,19H,1-2,7-12H2,(H,20,22);1H. The van der Waals surface area contributed by atoms with Crippen LogP contribution in [0.25, 0.3) is 0 Å². The molecule has 0 aliphatic carbocycles. The summed E-state index contributed by atoms with van der Waals surface area (Å²) in [4.78, 5) is 12.6. The van der Waals surface area contributed by atoms with Crippen molar-refractivity contribution in [2.75, 3.05) is 26.2 Å². The molecule has 2 heterocycles. The van der Waals surface area contributed by atoms with Gasteiger partial charge in [-0.2, -0.15) is 4.31 Å². The van der Waals surface area contributed by atoms with E-state index < -0.39 is 15.8 Å². The molecule has 2 aliphatic heterocycles. The van der Waals surface area contributed by atoms with Crippen molar-refractivity contribution < 1.29 is 17.6 Å². The molecule has 1 aromatic carbocycles. The average Bonchev–Trinajstić information content (AvgIpc) is 2.63. The Morgan fingerprint density at radius 1 is 1.15 bits per heavy atom. The van der Waals surface area contributed by atoms with E-state index in [0.29, 0.717) is 19.4 Å². The SMILES string of the molecule is Cl.O=C(NC1CCNCC1)C1CCCN(S(=O)(=O)c2ccc(F)cc2)C1. The molecule has 1 aromatic rings. The maximum Gasteiger partial charge on any atom is 0.243 e. The highest BCUT2D eigenvalue weighted by Crippen LogP contribution is 2.24. The van der Waals surface area contributed by atoms with E-state index in [4.69, 9.17) is 0 Å². The third kappa shape index (κ3) is 4.94. The molecule has 0 radical (unpaired) electrons. The van der Waals surface area contributed by atoms with Gasteiger partial charge >= 0.3 is 0 Å². The third-order valence-corrected chi connectivity index (χ3v) is 6.77. The van der Waals surface area contributed by atoms with E-state index in [0.717, 1.165) is 38.1 Å². The number of sulfonamides is 1. The van der Waals surface area contributed by atoms with Crippen molar-refractivity contribution in [1.82, 2.24) is 14.9 Å². The van der Waals surface area contributed by atoms with Gasteiger partial charge in [-0.25, -0.2) is 12.8 Å². The molecule has 1 unspecified atom stereocenters. The molecular weight excluding hydrogens is 381 g/mol. The molecule has 0 spiro atoms. The highest BCUT2D eigenvalue weighted by atomic mass is 35.5. The number of carbonyl (C=O) groups excluding carboxylic acids is 1. The van der Waals surface area contributed by atoms with Gasteiger partial charge in [0.15, 0.2) is 0 Å². The quantitative estimate of drug-likeness (QED) is 0.796. The van der Waals surface area contributed by atoms with Gasteiger partial charge in [0.1, 0.15) is 5.82 Å². The number of carbonyl (C=O) groups is 1. The van der Waals surface area contributed by atoms with Crippen LogP contribution in [0.4, 0.5) is 4.39 Å². The molecule has 1 atom stereocenters. The summed E-state index contributed by atoms with van der Waals surface area (Å²) >= 11 is 0. The maximum atomic E-state index is 13.0. The Bertz CT molecular complexity index is 708. The monoisotopic (exact) mass is 405 g/mol. The molecule has 9 heteroatoms. The predicted molar refractivity (Wildman–Crippen MR) is 99.2 cm³/mol. The Labute approximate surface area is 160 Å². The first-order chi connectivity index (χ1) is 12.0. The Kier molecular flexibility index (Phi) is 7.40. The van der Waals surface area contributed by atoms with E-state index >= 15 is 0 Å². The largest absolute Gasteiger partial charge is 0.353 e. The first-order valence-corrected chi connectivity index (χ1v) is 10.2. The summed E-state index contributed by atoms with van der Waals surface area (Å²) in [6.07, 6.45) is 3.13. The average molecular weight is 406 g/mol. The van der Waals surface area contributed by atoms with Gasteiger partial charge < -0.3 is 10.6 Å². The molecule has 0 bridgehead atoms. The Morgan fingerprint density at radius 2 is 1.81 bits per heavy atom. The highest BCUT2D eigenvalue weighted by molar-refractivity contribution is 7.89. The molecule has 26 heavy (non-hydrogen) atoms. The molecule has 2 fully saturated rings. The van der Waals surface area contributed by atoms with Crippen LogP contribution in [0.2, 0.25) is 0 Å². The fraction of sp³-hybridized carbons (Fsp3) is 0.588. The second kappa shape index (κ2) is 9.12. The molecule has 6 nitrogen and oxygen atoms in total. The second-order valence-electron chi connectivity index (χ2n) is 6.69. The molecule has 146 valence electrons. The summed E-state index contributed by atoms with van der Waals surface area (Å²) in [5, 5.41) is 6.31. The zero-order valence-electron chi connectivity index (χ0n) is 14.5. The molecule has 0 saturated carbocycles. The minimum Gasteiger partial charge on any atom is -0.353 e. The lowest BCUT2D eigenvalue weighted by Gasteiger charge is -2.33. The summed E-state index contributed by atoms with van der Waals surface area (Å²) in [6, 6.07) is 4.97. The smallest absolute Gasteiger partial charge is 0.243 e. The van der Waals surface area contributed by atoms with Gasteiger partial charge in [-0.05, 0) is 63.0 Å². The zero-order chi connectivity index (χ0) is 17.9. The normalized spacial score (nSPS) is 22.4. The van der Waals surface area contributed by atoms with Crippen LogP contribution in [0.5, 0.6) is 0 Å². The van der Waals surface area contributed by atoms with Gasteiger partial charge in [0, 0.05) is 19.1 Å². The molecule has 1 amide bonds. The van der Waals surface area contributed by atoms with Crippen LogP contribution < -0.4 is 10.6 Å². The van der Waals surface area contributed by atoms with Crippen molar-refractivity contribution in [3.63, 3.8) is 0 Å². The van der Waals surface area contributed by atoms with Crippen molar-refractivity contribution in [3.8, 4) is 0 Å². The summed E-state index contributed by atoms with van der Waals surface area (Å²) in [6.45, 7) is 2.34. The first kappa shape index (κ1) is 21.1. The van der Waals surface area contributed by atoms with Crippen LogP contribution in [-0.2, 0) is 14.8 Å². The van der Waals surface area contributed by atoms with Crippen molar-refractivity contribution in [2.45, 2.75) is 36.6 Å². The third-order valence-electron chi connectivity index (χ3n) is 4.89. The molecule has 2 aliphatic rings. The van der Waals surface area contributed by atoms with E-state index in [9.17, 15) is 17.6 Å². The van der Waals surface area contributed by atoms with Crippen molar-refractivity contribution >= 4 is 28.3 Å². The molecular formula is C17H25ClFN3O3S. The van der Waals surface area contributed by atoms with E-state index in [-0.39, 0.29) is 41.7 Å². The molecule has 2 saturated heterocycles. The van der Waals surface area contributed by atoms with E-state index in [1.807, 2.05) is 0 Å². The van der Waals surface area contributed by atoms with Gasteiger partial charge in [0.05, 0.1) is 10.8 Å². The number of hydrogen-bond acceptors (Lipinski definition) is 4. The van der Waals surface area contributed by atoms with Crippen LogP contribution in [0, 0.1) is 11.7 Å². The lowest BCUT2D eigenvalue weighted by molar-refractivity contribution is -0.127. The minimum absolute atomic E-state index is 0. The summed E-state index contributed by atoms with van der Waals surface area (Å²) in [5.74, 6) is -0.874. The van der Waals surface area contributed by atoms with Gasteiger partial charge in [-0.3, -0.25) is 4.79 Å². The number of halogens is 2. The Balaban J connectivity index is 0.00000243. The minimum atomic E-state index is -3.70. The zero-order valence-corrected chi connectivity index (χ0v) is 16.1. The van der Waals surface area contributed by atoms with Crippen molar-refractivity contribution in [2.24, 2.45) is 5.92 Å². The lowest BCUT2D eigenvalue weighted by Crippen LogP contribution is -2.49. The van der Waals surface area contributed by atoms with E-state index in [2.05, 4.69) is 10.6 Å². The molecule has 0 aromatic heterocycles. The van der Waals surface area contributed by atoms with Crippen LogP contribution in [0.3, 0.4) is 0 Å². The summed E-state index contributed by atoms with van der Waals surface area (Å²) < 4.78 is 39.8. The number of nitrogens with zero attached hydrogens (tertiary/aromatic N) is 1. The predicted octanol–water partition coefficient (Wildman–Crippen LogP) is 1.52. The number of amides is 1. The highest BCUT2D eigenvalue weighted by Gasteiger charge is 2.34. The number of rotatable bonds is 4. The molecule has 2 N–H and O–H groups in total. The van der Waals surface area contributed by atoms with Crippen LogP contribution in [0.15, 0.2) is 29.2 Å². The van der Waals surface area contributed by atoms with Crippen LogP contribution in [0.1, 0.15) is 25.7 Å². The number of benzene rings is 1. The first-order valence-electron chi connectivity index (χ1n) is 8.73. The van der Waals surface area contributed by atoms with E-state index in [1.54, 1.807) is 0 Å². The Morgan fingerprint density at radius 3 is 2.46 bits per heavy atom. The van der Waals surface area contributed by atoms with Crippen molar-refractivity contribution in [3.05, 3.63) is 30.1 Å². The fourth-order valence-corrected chi connectivity index (χ4v) is 4.94. The second-order valence-corrected chi connectivity index (χ2v) is 8.63. The van der Waals surface area contributed by atoms with Crippen LogP contribution in [-0.4, -0.2) is 50.9 Å². The lowest BCUT2D eigenvalue weighted by atomic mass is 9.97. The summed E-state index contributed by atoms with van der Waals surface area (Å²) in [5.41, 5.74) is 0. The van der Waals surface area contributed by atoms with E-state index in [1.165, 1.54) is 16.4 Å².